The molecular weight excluding hydrogens is 370 g/mol. The number of morpholine rings is 1. The van der Waals surface area contributed by atoms with Crippen molar-refractivity contribution < 1.29 is 14.3 Å². The molecule has 2 heterocycles. The minimum absolute atomic E-state index is 0.109. The van der Waals surface area contributed by atoms with Crippen molar-refractivity contribution in [3.05, 3.63) is 47.0 Å². The summed E-state index contributed by atoms with van der Waals surface area (Å²) >= 11 is 3.50. The number of esters is 1. The highest BCUT2D eigenvalue weighted by molar-refractivity contribution is 9.10. The second-order valence-electron chi connectivity index (χ2n) is 6.65. The zero-order valence-electron chi connectivity index (χ0n) is 14.0. The third-order valence-corrected chi connectivity index (χ3v) is 5.44. The standard InChI is InChI=1S/C19H24BrNO3/c1-3-10-23-12-16-11-21-17(19(22)24-16)9-4-13(2)18(21)14-5-7-15(20)8-6-14/h3,5-8,13,16-18H,1,4,9-12H2,2H3/t13-,16+,17+,18-/m1/s1. The van der Waals surface area contributed by atoms with Crippen LogP contribution in [0.2, 0.25) is 0 Å². The van der Waals surface area contributed by atoms with Gasteiger partial charge >= 0.3 is 5.97 Å². The molecule has 1 aromatic carbocycles. The Hall–Kier alpha value is -1.17. The molecular formula is C19H24BrNO3. The molecule has 0 radical (unpaired) electrons. The topological polar surface area (TPSA) is 38.8 Å². The highest BCUT2D eigenvalue weighted by Crippen LogP contribution is 2.41. The number of benzene rings is 1. The Labute approximate surface area is 151 Å². The fourth-order valence-electron chi connectivity index (χ4n) is 3.82. The van der Waals surface area contributed by atoms with Crippen LogP contribution in [-0.4, -0.2) is 42.8 Å². The number of carbonyl (C=O) groups is 1. The van der Waals surface area contributed by atoms with Crippen LogP contribution < -0.4 is 0 Å². The summed E-state index contributed by atoms with van der Waals surface area (Å²) in [4.78, 5) is 14.8. The number of halogens is 1. The minimum atomic E-state index is -0.211. The SMILES string of the molecule is C=CCOC[C@@H]1CN2[C@@H](CC[C@@H](C)[C@@H]2c2ccc(Br)cc2)C(=O)O1. The van der Waals surface area contributed by atoms with Crippen LogP contribution in [0.1, 0.15) is 31.4 Å². The summed E-state index contributed by atoms with van der Waals surface area (Å²) in [6, 6.07) is 8.54. The van der Waals surface area contributed by atoms with E-state index >= 15 is 0 Å². The molecule has 2 aliphatic heterocycles. The lowest BCUT2D eigenvalue weighted by molar-refractivity contribution is -0.178. The number of piperidine rings is 1. The highest BCUT2D eigenvalue weighted by atomic mass is 79.9. The maximum absolute atomic E-state index is 12.5. The number of carbonyl (C=O) groups excluding carboxylic acids is 1. The van der Waals surface area contributed by atoms with Crippen molar-refractivity contribution in [2.45, 2.75) is 38.0 Å². The summed E-state index contributed by atoms with van der Waals surface area (Å²) in [5.74, 6) is 0.394. The van der Waals surface area contributed by atoms with Gasteiger partial charge in [-0.15, -0.1) is 6.58 Å². The fourth-order valence-corrected chi connectivity index (χ4v) is 4.09. The van der Waals surface area contributed by atoms with Crippen LogP contribution >= 0.6 is 15.9 Å². The molecule has 0 unspecified atom stereocenters. The number of nitrogens with zero attached hydrogens (tertiary/aromatic N) is 1. The zero-order valence-corrected chi connectivity index (χ0v) is 15.6. The molecule has 4 nitrogen and oxygen atoms in total. The first-order valence-electron chi connectivity index (χ1n) is 8.50. The molecule has 0 spiro atoms. The van der Waals surface area contributed by atoms with Gasteiger partial charge in [0.1, 0.15) is 12.1 Å². The molecule has 2 saturated heterocycles. The Kier molecular flexibility index (Phi) is 5.74. The first-order chi connectivity index (χ1) is 11.6. The molecule has 0 amide bonds. The first kappa shape index (κ1) is 17.6. The Morgan fingerprint density at radius 3 is 2.83 bits per heavy atom. The molecule has 5 heteroatoms. The lowest BCUT2D eigenvalue weighted by Crippen LogP contribution is -2.58. The van der Waals surface area contributed by atoms with Gasteiger partial charge in [-0.05, 0) is 36.5 Å². The predicted octanol–water partition coefficient (Wildman–Crippen LogP) is 3.72. The van der Waals surface area contributed by atoms with Gasteiger partial charge in [0.25, 0.3) is 0 Å². The van der Waals surface area contributed by atoms with Crippen molar-refractivity contribution in [3.63, 3.8) is 0 Å². The summed E-state index contributed by atoms with van der Waals surface area (Å²) in [6.07, 6.45) is 3.40. The molecule has 3 rings (SSSR count). The summed E-state index contributed by atoms with van der Waals surface area (Å²) < 4.78 is 12.2. The van der Waals surface area contributed by atoms with E-state index in [0.29, 0.717) is 19.1 Å². The highest BCUT2D eigenvalue weighted by Gasteiger charge is 2.45. The summed E-state index contributed by atoms with van der Waals surface area (Å²) in [5.41, 5.74) is 1.26. The van der Waals surface area contributed by atoms with E-state index in [9.17, 15) is 4.79 Å². The van der Waals surface area contributed by atoms with Gasteiger partial charge in [0.15, 0.2) is 0 Å². The number of hydrogen-bond donors (Lipinski definition) is 0. The van der Waals surface area contributed by atoms with Crippen LogP contribution in [0.5, 0.6) is 0 Å². The van der Waals surface area contributed by atoms with Crippen molar-refractivity contribution in [3.8, 4) is 0 Å². The van der Waals surface area contributed by atoms with Crippen molar-refractivity contribution >= 4 is 21.9 Å². The second-order valence-corrected chi connectivity index (χ2v) is 7.56. The lowest BCUT2D eigenvalue weighted by atomic mass is 9.82. The van der Waals surface area contributed by atoms with Crippen LogP contribution in [-0.2, 0) is 14.3 Å². The van der Waals surface area contributed by atoms with Crippen molar-refractivity contribution in [1.29, 1.82) is 0 Å². The van der Waals surface area contributed by atoms with Crippen LogP contribution in [0.3, 0.4) is 0 Å². The molecule has 1 aromatic rings. The average molecular weight is 394 g/mol. The average Bonchev–Trinajstić information content (AvgIpc) is 2.56. The van der Waals surface area contributed by atoms with E-state index in [0.717, 1.165) is 23.9 Å². The van der Waals surface area contributed by atoms with Gasteiger partial charge in [-0.1, -0.05) is 41.1 Å². The molecule has 2 aliphatic rings. The molecule has 2 fully saturated rings. The van der Waals surface area contributed by atoms with Crippen LogP contribution in [0.15, 0.2) is 41.4 Å². The van der Waals surface area contributed by atoms with E-state index in [1.807, 2.05) is 0 Å². The lowest BCUT2D eigenvalue weighted by Gasteiger charge is -2.48. The third-order valence-electron chi connectivity index (χ3n) is 4.91. The largest absolute Gasteiger partial charge is 0.457 e. The number of fused-ring (bicyclic) bond motifs is 1. The first-order valence-corrected chi connectivity index (χ1v) is 9.29. The Morgan fingerprint density at radius 2 is 2.12 bits per heavy atom. The predicted molar refractivity (Wildman–Crippen MR) is 96.7 cm³/mol. The molecule has 0 aliphatic carbocycles. The quantitative estimate of drug-likeness (QED) is 0.434. The van der Waals surface area contributed by atoms with Crippen molar-refractivity contribution in [1.82, 2.24) is 4.90 Å². The maximum atomic E-state index is 12.5. The molecule has 0 bridgehead atoms. The van der Waals surface area contributed by atoms with Gasteiger partial charge < -0.3 is 9.47 Å². The van der Waals surface area contributed by atoms with E-state index in [1.165, 1.54) is 5.56 Å². The number of rotatable bonds is 5. The fraction of sp³-hybridized carbons (Fsp3) is 0.526. The zero-order chi connectivity index (χ0) is 17.1. The van der Waals surface area contributed by atoms with Crippen molar-refractivity contribution in [2.75, 3.05) is 19.8 Å². The Balaban J connectivity index is 1.80. The van der Waals surface area contributed by atoms with Crippen molar-refractivity contribution in [2.24, 2.45) is 5.92 Å². The Bertz CT molecular complexity index is 589. The van der Waals surface area contributed by atoms with E-state index in [-0.39, 0.29) is 24.2 Å². The number of ether oxygens (including phenoxy) is 2. The normalized spacial score (nSPS) is 30.5. The van der Waals surface area contributed by atoms with Gasteiger partial charge in [0, 0.05) is 17.1 Å². The second kappa shape index (κ2) is 7.81. The minimum Gasteiger partial charge on any atom is -0.457 e. The van der Waals surface area contributed by atoms with Gasteiger partial charge in [-0.2, -0.15) is 0 Å². The maximum Gasteiger partial charge on any atom is 0.323 e. The molecule has 0 aromatic heterocycles. The van der Waals surface area contributed by atoms with Crippen LogP contribution in [0.4, 0.5) is 0 Å². The molecule has 0 N–H and O–H groups in total. The number of hydrogen-bond acceptors (Lipinski definition) is 4. The van der Waals surface area contributed by atoms with Gasteiger partial charge in [0.05, 0.1) is 13.2 Å². The van der Waals surface area contributed by atoms with Gasteiger partial charge in [-0.3, -0.25) is 9.69 Å². The molecule has 0 saturated carbocycles. The third kappa shape index (κ3) is 3.73. The monoisotopic (exact) mass is 393 g/mol. The summed E-state index contributed by atoms with van der Waals surface area (Å²) in [5, 5.41) is 0. The number of cyclic esters (lactones) is 1. The van der Waals surface area contributed by atoms with E-state index in [2.05, 4.69) is 58.6 Å². The van der Waals surface area contributed by atoms with Crippen LogP contribution in [0, 0.1) is 5.92 Å². The summed E-state index contributed by atoms with van der Waals surface area (Å²) in [6.45, 7) is 7.53. The smallest absolute Gasteiger partial charge is 0.323 e. The van der Waals surface area contributed by atoms with Gasteiger partial charge in [-0.25, -0.2) is 0 Å². The molecule has 24 heavy (non-hydrogen) atoms. The van der Waals surface area contributed by atoms with Gasteiger partial charge in [0.2, 0.25) is 0 Å². The van der Waals surface area contributed by atoms with Crippen LogP contribution in [0.25, 0.3) is 0 Å². The Morgan fingerprint density at radius 1 is 1.38 bits per heavy atom. The molecule has 4 atom stereocenters. The molecule has 130 valence electrons. The van der Waals surface area contributed by atoms with E-state index < -0.39 is 0 Å². The summed E-state index contributed by atoms with van der Waals surface area (Å²) in [7, 11) is 0. The van der Waals surface area contributed by atoms with E-state index in [1.54, 1.807) is 6.08 Å². The van der Waals surface area contributed by atoms with E-state index in [4.69, 9.17) is 9.47 Å².